The van der Waals surface area contributed by atoms with E-state index in [1.165, 1.54) is 11.3 Å². The third-order valence-corrected chi connectivity index (χ3v) is 4.15. The Kier molecular flexibility index (Phi) is 3.48. The molecule has 0 unspecified atom stereocenters. The van der Waals surface area contributed by atoms with Gasteiger partial charge in [0.15, 0.2) is 5.65 Å². The van der Waals surface area contributed by atoms with Gasteiger partial charge in [-0.15, -0.1) is 10.2 Å². The van der Waals surface area contributed by atoms with Crippen molar-refractivity contribution in [3.63, 3.8) is 0 Å². The van der Waals surface area contributed by atoms with Crippen LogP contribution in [0.25, 0.3) is 5.65 Å². The van der Waals surface area contributed by atoms with E-state index in [9.17, 15) is 0 Å². The molecule has 0 aliphatic carbocycles. The van der Waals surface area contributed by atoms with Gasteiger partial charge in [0, 0.05) is 50.6 Å². The summed E-state index contributed by atoms with van der Waals surface area (Å²) in [4.78, 5) is 2.39. The minimum absolute atomic E-state index is 0.801. The number of benzene rings is 1. The van der Waals surface area contributed by atoms with E-state index < -0.39 is 0 Å². The van der Waals surface area contributed by atoms with Crippen molar-refractivity contribution in [1.29, 1.82) is 0 Å². The fraction of sp³-hybridized carbons (Fsp3) is 0.294. The summed E-state index contributed by atoms with van der Waals surface area (Å²) in [5.41, 5.74) is 3.40. The van der Waals surface area contributed by atoms with Gasteiger partial charge in [0.05, 0.1) is 0 Å². The van der Waals surface area contributed by atoms with Crippen LogP contribution in [0.1, 0.15) is 11.4 Å². The van der Waals surface area contributed by atoms with E-state index >= 15 is 0 Å². The van der Waals surface area contributed by atoms with Crippen LogP contribution in [0, 0.1) is 0 Å². The van der Waals surface area contributed by atoms with E-state index in [2.05, 4.69) is 67.4 Å². The van der Waals surface area contributed by atoms with Crippen LogP contribution in [-0.2, 0) is 6.42 Å². The van der Waals surface area contributed by atoms with Crippen LogP contribution in [0.3, 0.4) is 0 Å². The van der Waals surface area contributed by atoms with Crippen LogP contribution >= 0.6 is 0 Å². The minimum atomic E-state index is 0.801. The highest BCUT2D eigenvalue weighted by Crippen LogP contribution is 2.18. The van der Waals surface area contributed by atoms with Gasteiger partial charge < -0.3 is 10.2 Å². The quantitative estimate of drug-likeness (QED) is 0.799. The maximum Gasteiger partial charge on any atom is 0.162 e. The second-order valence-electron chi connectivity index (χ2n) is 5.63. The summed E-state index contributed by atoms with van der Waals surface area (Å²) in [5.74, 6) is 0.980. The summed E-state index contributed by atoms with van der Waals surface area (Å²) < 4.78 is 2.08. The Morgan fingerprint density at radius 1 is 1.00 bits per heavy atom. The van der Waals surface area contributed by atoms with Gasteiger partial charge in [-0.05, 0) is 11.6 Å². The summed E-state index contributed by atoms with van der Waals surface area (Å²) in [6, 6.07) is 14.7. The molecular weight excluding hydrogens is 274 g/mol. The Balaban J connectivity index is 1.62. The van der Waals surface area contributed by atoms with Crippen molar-refractivity contribution in [2.24, 2.45) is 0 Å². The van der Waals surface area contributed by atoms with Gasteiger partial charge in [0.1, 0.15) is 5.82 Å². The van der Waals surface area contributed by atoms with Crippen LogP contribution in [0.15, 0.2) is 48.7 Å². The van der Waals surface area contributed by atoms with Crippen molar-refractivity contribution >= 4 is 11.3 Å². The minimum Gasteiger partial charge on any atom is -0.369 e. The molecule has 5 nitrogen and oxygen atoms in total. The lowest BCUT2D eigenvalue weighted by molar-refractivity contribution is 0.589. The highest BCUT2D eigenvalue weighted by molar-refractivity contribution is 5.56. The van der Waals surface area contributed by atoms with Crippen molar-refractivity contribution in [2.45, 2.75) is 6.42 Å². The first-order valence-corrected chi connectivity index (χ1v) is 7.73. The number of aromatic nitrogens is 3. The number of fused-ring (bicyclic) bond motifs is 1. The number of anilines is 1. The SMILES string of the molecule is c1ccc(Cc2nnc3cc(N4CCNCC4)ccn23)cc1. The lowest BCUT2D eigenvalue weighted by atomic mass is 10.1. The van der Waals surface area contributed by atoms with Crippen LogP contribution in [0.5, 0.6) is 0 Å². The first-order valence-electron chi connectivity index (χ1n) is 7.73. The molecule has 5 heteroatoms. The molecule has 0 saturated carbocycles. The standard InChI is InChI=1S/C17H19N5/c1-2-4-14(5-3-1)12-16-19-20-17-13-15(6-9-22(16)17)21-10-7-18-8-11-21/h1-6,9,13,18H,7-8,10-12H2. The molecule has 22 heavy (non-hydrogen) atoms. The fourth-order valence-electron chi connectivity index (χ4n) is 2.95. The average molecular weight is 293 g/mol. The molecule has 0 bridgehead atoms. The summed E-state index contributed by atoms with van der Waals surface area (Å²) in [7, 11) is 0. The van der Waals surface area contributed by atoms with E-state index in [-0.39, 0.29) is 0 Å². The molecule has 1 N–H and O–H groups in total. The van der Waals surface area contributed by atoms with E-state index in [0.29, 0.717) is 0 Å². The predicted molar refractivity (Wildman–Crippen MR) is 87.3 cm³/mol. The number of hydrogen-bond acceptors (Lipinski definition) is 4. The van der Waals surface area contributed by atoms with Crippen LogP contribution in [-0.4, -0.2) is 40.8 Å². The molecule has 1 aliphatic rings. The molecule has 0 amide bonds. The van der Waals surface area contributed by atoms with Crippen molar-refractivity contribution < 1.29 is 0 Å². The van der Waals surface area contributed by atoms with Crippen molar-refractivity contribution in [2.75, 3.05) is 31.1 Å². The van der Waals surface area contributed by atoms with Gasteiger partial charge >= 0.3 is 0 Å². The highest BCUT2D eigenvalue weighted by Gasteiger charge is 2.12. The number of pyridine rings is 1. The Bertz CT molecular complexity index is 759. The molecule has 1 aromatic carbocycles. The zero-order chi connectivity index (χ0) is 14.8. The summed E-state index contributed by atoms with van der Waals surface area (Å²) in [6.45, 7) is 4.16. The summed E-state index contributed by atoms with van der Waals surface area (Å²) >= 11 is 0. The predicted octanol–water partition coefficient (Wildman–Crippen LogP) is 1.73. The molecular formula is C17H19N5. The van der Waals surface area contributed by atoms with Crippen molar-refractivity contribution in [1.82, 2.24) is 19.9 Å². The van der Waals surface area contributed by atoms with Crippen molar-refractivity contribution in [3.05, 3.63) is 60.0 Å². The lowest BCUT2D eigenvalue weighted by Crippen LogP contribution is -2.43. The Labute approximate surface area is 129 Å². The van der Waals surface area contributed by atoms with E-state index in [1.54, 1.807) is 0 Å². The van der Waals surface area contributed by atoms with Crippen LogP contribution in [0.2, 0.25) is 0 Å². The number of nitrogens with zero attached hydrogens (tertiary/aromatic N) is 4. The number of hydrogen-bond donors (Lipinski definition) is 1. The molecule has 1 saturated heterocycles. The van der Waals surface area contributed by atoms with Gasteiger partial charge in [-0.2, -0.15) is 0 Å². The number of piperazine rings is 1. The Morgan fingerprint density at radius 3 is 2.64 bits per heavy atom. The summed E-state index contributed by atoms with van der Waals surface area (Å²) in [6.07, 6.45) is 2.89. The number of nitrogens with one attached hydrogen (secondary N) is 1. The molecule has 3 heterocycles. The molecule has 1 fully saturated rings. The number of rotatable bonds is 3. The smallest absolute Gasteiger partial charge is 0.162 e. The average Bonchev–Trinajstić information content (AvgIpc) is 2.99. The van der Waals surface area contributed by atoms with E-state index in [1.807, 2.05) is 6.07 Å². The molecule has 1 aliphatic heterocycles. The third-order valence-electron chi connectivity index (χ3n) is 4.15. The van der Waals surface area contributed by atoms with Crippen LogP contribution in [0.4, 0.5) is 5.69 Å². The maximum atomic E-state index is 4.36. The first kappa shape index (κ1) is 13.3. The molecule has 3 aromatic rings. The molecule has 112 valence electrons. The zero-order valence-electron chi connectivity index (χ0n) is 12.4. The van der Waals surface area contributed by atoms with Gasteiger partial charge in [-0.3, -0.25) is 4.40 Å². The second-order valence-corrected chi connectivity index (χ2v) is 5.63. The Morgan fingerprint density at radius 2 is 1.82 bits per heavy atom. The van der Waals surface area contributed by atoms with Gasteiger partial charge in [0.25, 0.3) is 0 Å². The first-order chi connectivity index (χ1) is 10.9. The lowest BCUT2D eigenvalue weighted by Gasteiger charge is -2.29. The molecule has 2 aromatic heterocycles. The zero-order valence-corrected chi connectivity index (χ0v) is 12.4. The molecule has 0 atom stereocenters. The van der Waals surface area contributed by atoms with Gasteiger partial charge in [0.2, 0.25) is 0 Å². The largest absolute Gasteiger partial charge is 0.369 e. The molecule has 0 spiro atoms. The van der Waals surface area contributed by atoms with Crippen LogP contribution < -0.4 is 10.2 Å². The second kappa shape index (κ2) is 5.77. The third kappa shape index (κ3) is 2.55. The normalized spacial score (nSPS) is 15.4. The van der Waals surface area contributed by atoms with E-state index in [0.717, 1.165) is 44.1 Å². The maximum absolute atomic E-state index is 4.36. The molecule has 4 rings (SSSR count). The van der Waals surface area contributed by atoms with E-state index in [4.69, 9.17) is 0 Å². The van der Waals surface area contributed by atoms with Gasteiger partial charge in [-0.1, -0.05) is 30.3 Å². The topological polar surface area (TPSA) is 45.5 Å². The Hall–Kier alpha value is -2.40. The van der Waals surface area contributed by atoms with Crippen molar-refractivity contribution in [3.8, 4) is 0 Å². The summed E-state index contributed by atoms with van der Waals surface area (Å²) in [5, 5.41) is 12.1. The highest BCUT2D eigenvalue weighted by atomic mass is 15.3. The monoisotopic (exact) mass is 293 g/mol. The molecule has 0 radical (unpaired) electrons. The van der Waals surface area contributed by atoms with Gasteiger partial charge in [-0.25, -0.2) is 0 Å². The fourth-order valence-corrected chi connectivity index (χ4v) is 2.95.